The summed E-state index contributed by atoms with van der Waals surface area (Å²) in [5, 5.41) is 14.7. The Labute approximate surface area is 186 Å². The average molecular weight is 485 g/mol. The number of benzene rings is 1. The monoisotopic (exact) mass is 484 g/mol. The first-order chi connectivity index (χ1) is 13.6. The van der Waals surface area contributed by atoms with Crippen molar-refractivity contribution in [3.63, 3.8) is 0 Å². The second-order valence-corrected chi connectivity index (χ2v) is 8.40. The molecule has 1 aromatic carbocycles. The summed E-state index contributed by atoms with van der Waals surface area (Å²) in [4.78, 5) is 4.28. The Morgan fingerprint density at radius 1 is 1.07 bits per heavy atom. The van der Waals surface area contributed by atoms with E-state index in [1.54, 1.807) is 12.1 Å². The topological polar surface area (TPSA) is 54.4 Å². The summed E-state index contributed by atoms with van der Waals surface area (Å²) in [5.74, 6) is 0. The molecular formula is C21H27AsCl2N2O2. The molecule has 0 aliphatic heterocycles. The molecule has 4 nitrogen and oxygen atoms in total. The number of nitrogens with zero attached hydrogens (tertiary/aromatic N) is 1. The van der Waals surface area contributed by atoms with Gasteiger partial charge in [-0.15, -0.1) is 0 Å². The van der Waals surface area contributed by atoms with Gasteiger partial charge >= 0.3 is 127 Å². The molecule has 2 rings (SSSR count). The quantitative estimate of drug-likeness (QED) is 0.336. The molecule has 0 amide bonds. The predicted molar refractivity (Wildman–Crippen MR) is 117 cm³/mol. The molecule has 1 aromatic heterocycles. The van der Waals surface area contributed by atoms with Crippen LogP contribution in [0.3, 0.4) is 0 Å². The van der Waals surface area contributed by atoms with E-state index in [9.17, 15) is 5.11 Å². The molecule has 1 atom stereocenters. The van der Waals surface area contributed by atoms with E-state index in [-0.39, 0.29) is 0 Å². The van der Waals surface area contributed by atoms with Crippen molar-refractivity contribution >= 4 is 44.4 Å². The summed E-state index contributed by atoms with van der Waals surface area (Å²) in [6.07, 6.45) is 6.51. The fraction of sp³-hybridized carbons (Fsp3) is 0.476. The second-order valence-electron chi connectivity index (χ2n) is 6.65. The van der Waals surface area contributed by atoms with Gasteiger partial charge in [0.25, 0.3) is 0 Å². The molecule has 0 bridgehead atoms. The van der Waals surface area contributed by atoms with Crippen molar-refractivity contribution in [1.82, 2.24) is 10.3 Å². The van der Waals surface area contributed by atoms with Crippen molar-refractivity contribution in [2.75, 3.05) is 26.3 Å². The van der Waals surface area contributed by atoms with Gasteiger partial charge in [-0.3, -0.25) is 4.98 Å². The van der Waals surface area contributed by atoms with E-state index in [1.165, 1.54) is 0 Å². The zero-order valence-electron chi connectivity index (χ0n) is 15.9. The van der Waals surface area contributed by atoms with Gasteiger partial charge in [-0.25, -0.2) is 0 Å². The van der Waals surface area contributed by atoms with Gasteiger partial charge in [-0.05, 0) is 12.1 Å². The molecular weight excluding hydrogens is 458 g/mol. The van der Waals surface area contributed by atoms with E-state index in [2.05, 4.69) is 27.2 Å². The van der Waals surface area contributed by atoms with Crippen LogP contribution in [0, 0.1) is 0 Å². The Morgan fingerprint density at radius 2 is 1.82 bits per heavy atom. The molecule has 0 aliphatic rings. The van der Waals surface area contributed by atoms with Crippen LogP contribution in [0.25, 0.3) is 0 Å². The first kappa shape index (κ1) is 23.7. The molecule has 0 spiro atoms. The Balaban J connectivity index is 1.45. The van der Waals surface area contributed by atoms with E-state index in [0.29, 0.717) is 16.6 Å². The van der Waals surface area contributed by atoms with Gasteiger partial charge in [-0.2, -0.15) is 0 Å². The van der Waals surface area contributed by atoms with E-state index in [0.717, 1.165) is 67.5 Å². The molecule has 7 heteroatoms. The Hall–Kier alpha value is -0.612. The number of aliphatic hydroxyl groups is 1. The van der Waals surface area contributed by atoms with E-state index in [1.807, 2.05) is 24.4 Å². The zero-order valence-corrected chi connectivity index (χ0v) is 19.3. The molecule has 152 valence electrons. The number of aromatic nitrogens is 1. The summed E-state index contributed by atoms with van der Waals surface area (Å²) >= 11 is 14.6. The Bertz CT molecular complexity index is 681. The zero-order chi connectivity index (χ0) is 20.2. The molecule has 0 saturated carbocycles. The summed E-state index contributed by atoms with van der Waals surface area (Å²) in [6.45, 7) is 2.89. The molecule has 1 unspecified atom stereocenters. The second kappa shape index (κ2) is 13.6. The van der Waals surface area contributed by atoms with Crippen LogP contribution < -0.4 is 9.67 Å². The predicted octanol–water partition coefficient (Wildman–Crippen LogP) is 3.62. The molecule has 0 fully saturated rings. The maximum absolute atomic E-state index is 10.3. The third-order valence-electron chi connectivity index (χ3n) is 4.38. The summed E-state index contributed by atoms with van der Waals surface area (Å²) in [5.41, 5.74) is 1.81. The van der Waals surface area contributed by atoms with Gasteiger partial charge in [0, 0.05) is 24.9 Å². The van der Waals surface area contributed by atoms with Crippen molar-refractivity contribution in [2.24, 2.45) is 0 Å². The number of aliphatic hydroxyl groups excluding tert-OH is 1. The maximum atomic E-state index is 10.3. The van der Waals surface area contributed by atoms with E-state index in [4.69, 9.17) is 27.9 Å². The summed E-state index contributed by atoms with van der Waals surface area (Å²) in [7, 11) is 0. The fourth-order valence-electron chi connectivity index (χ4n) is 2.77. The van der Waals surface area contributed by atoms with Crippen molar-refractivity contribution in [3.8, 4) is 0 Å². The number of halogens is 2. The van der Waals surface area contributed by atoms with Gasteiger partial charge in [-0.1, -0.05) is 6.07 Å². The van der Waals surface area contributed by atoms with Gasteiger partial charge in [0.1, 0.15) is 0 Å². The Kier molecular flexibility index (Phi) is 11.5. The van der Waals surface area contributed by atoms with Gasteiger partial charge in [0.15, 0.2) is 0 Å². The van der Waals surface area contributed by atoms with Crippen molar-refractivity contribution in [2.45, 2.75) is 38.2 Å². The van der Waals surface area contributed by atoms with Crippen LogP contribution in [0.4, 0.5) is 0 Å². The van der Waals surface area contributed by atoms with Crippen molar-refractivity contribution in [1.29, 1.82) is 0 Å². The fourth-order valence-corrected chi connectivity index (χ4v) is 3.54. The number of pyridine rings is 1. The van der Waals surface area contributed by atoms with Crippen LogP contribution >= 0.6 is 23.2 Å². The van der Waals surface area contributed by atoms with Crippen LogP contribution in [-0.4, -0.2) is 53.2 Å². The normalized spacial score (nSPS) is 12.3. The Morgan fingerprint density at radius 3 is 2.54 bits per heavy atom. The molecule has 2 aromatic rings. The number of nitrogens with one attached hydrogen (secondary N) is 1. The van der Waals surface area contributed by atoms with Crippen LogP contribution in [0.5, 0.6) is 0 Å². The van der Waals surface area contributed by atoms with Crippen LogP contribution in [0.2, 0.25) is 10.0 Å². The standard InChI is InChI=1S/C21H27AsCl2N2O2/c22-21-18(23)13-16(14-19(21)24)20(27)15-25-9-4-1-2-6-11-28-12-8-17-7-3-5-10-26-17/h3,5,7,10,13-14,20,25,27H,1-2,4,6,8-9,11-12,15H2. The first-order valence-electron chi connectivity index (χ1n) is 9.62. The minimum atomic E-state index is -0.615. The number of unbranched alkanes of at least 4 members (excludes halogenated alkanes) is 3. The molecule has 2 radical (unpaired) electrons. The van der Waals surface area contributed by atoms with Gasteiger partial charge < -0.3 is 4.74 Å². The number of ether oxygens (including phenoxy) is 1. The third-order valence-corrected chi connectivity index (χ3v) is 6.56. The van der Waals surface area contributed by atoms with Gasteiger partial charge in [0.2, 0.25) is 0 Å². The SMILES string of the molecule is OC(CNCCCCCCOCCc1ccccn1)c1cc(Cl)c([As])c(Cl)c1. The average Bonchev–Trinajstić information content (AvgIpc) is 2.70. The summed E-state index contributed by atoms with van der Waals surface area (Å²) < 4.78 is 6.44. The number of hydrogen-bond donors (Lipinski definition) is 2. The molecule has 2 N–H and O–H groups in total. The summed E-state index contributed by atoms with van der Waals surface area (Å²) in [6, 6.07) is 9.48. The first-order valence-corrected chi connectivity index (χ1v) is 11.3. The number of hydrogen-bond acceptors (Lipinski definition) is 4. The molecule has 0 saturated heterocycles. The molecule has 0 aliphatic carbocycles. The molecule has 1 heterocycles. The van der Waals surface area contributed by atoms with E-state index >= 15 is 0 Å². The third kappa shape index (κ3) is 8.82. The van der Waals surface area contributed by atoms with Crippen LogP contribution in [0.1, 0.15) is 43.0 Å². The minimum absolute atomic E-state index is 0.487. The van der Waals surface area contributed by atoms with Crippen molar-refractivity contribution < 1.29 is 9.84 Å². The van der Waals surface area contributed by atoms with Gasteiger partial charge in [0.05, 0.1) is 6.61 Å². The number of rotatable bonds is 13. The molecule has 28 heavy (non-hydrogen) atoms. The van der Waals surface area contributed by atoms with E-state index < -0.39 is 6.10 Å². The van der Waals surface area contributed by atoms with Crippen molar-refractivity contribution in [3.05, 3.63) is 57.8 Å². The van der Waals surface area contributed by atoms with Crippen LogP contribution in [0.15, 0.2) is 36.5 Å². The van der Waals surface area contributed by atoms with Crippen LogP contribution in [-0.2, 0) is 11.2 Å².